The summed E-state index contributed by atoms with van der Waals surface area (Å²) in [6.45, 7) is 7.01. The number of carbonyl (C=O) groups is 2. The second-order valence-electron chi connectivity index (χ2n) is 9.72. The number of hydrogen-bond acceptors (Lipinski definition) is 6. The number of carboxylic acids is 1. The van der Waals surface area contributed by atoms with Gasteiger partial charge in [-0.25, -0.2) is 14.8 Å². The van der Waals surface area contributed by atoms with Gasteiger partial charge in [-0.05, 0) is 60.9 Å². The highest BCUT2D eigenvalue weighted by Crippen LogP contribution is 2.29. The average Bonchev–Trinajstić information content (AvgIpc) is 3.37. The Kier molecular flexibility index (Phi) is 7.05. The summed E-state index contributed by atoms with van der Waals surface area (Å²) in [6, 6.07) is 19.4. The Bertz CT molecular complexity index is 1670. The highest BCUT2D eigenvalue weighted by molar-refractivity contribution is 6.05. The smallest absolute Gasteiger partial charge is 0.335 e. The molecule has 0 aliphatic carbocycles. The molecule has 39 heavy (non-hydrogen) atoms. The van der Waals surface area contributed by atoms with Crippen molar-refractivity contribution in [3.8, 4) is 11.3 Å². The van der Waals surface area contributed by atoms with Gasteiger partial charge in [0, 0.05) is 46.8 Å². The molecular weight excluding hydrogens is 492 g/mol. The van der Waals surface area contributed by atoms with E-state index in [1.165, 1.54) is 24.3 Å². The van der Waals surface area contributed by atoms with Crippen LogP contribution in [0, 0.1) is 12.8 Å². The topological polar surface area (TPSA) is 122 Å². The first-order valence-electron chi connectivity index (χ1n) is 12.6. The molecule has 2 heterocycles. The molecule has 1 amide bonds. The number of aromatic nitrogens is 4. The van der Waals surface area contributed by atoms with E-state index < -0.39 is 5.97 Å². The summed E-state index contributed by atoms with van der Waals surface area (Å²) in [5.41, 5.74) is 5.46. The Morgan fingerprint density at radius 1 is 1.00 bits per heavy atom. The SMILES string of the molecule is Cc1ccc(Nc2ncc3cccc(-c4ccnn4CC(C)C)c3n2)cc1NC(=O)c1ccc(C(=O)O)cc1. The summed E-state index contributed by atoms with van der Waals surface area (Å²) in [6.07, 6.45) is 3.59. The van der Waals surface area contributed by atoms with E-state index in [-0.39, 0.29) is 11.5 Å². The zero-order valence-electron chi connectivity index (χ0n) is 21.8. The van der Waals surface area contributed by atoms with Gasteiger partial charge in [0.25, 0.3) is 5.91 Å². The van der Waals surface area contributed by atoms with Crippen molar-refractivity contribution in [2.24, 2.45) is 5.92 Å². The zero-order chi connectivity index (χ0) is 27.5. The van der Waals surface area contributed by atoms with Crippen molar-refractivity contribution >= 4 is 40.1 Å². The second-order valence-corrected chi connectivity index (χ2v) is 9.72. The first-order valence-corrected chi connectivity index (χ1v) is 12.6. The quantitative estimate of drug-likeness (QED) is 0.224. The van der Waals surface area contributed by atoms with E-state index in [4.69, 9.17) is 10.1 Å². The molecule has 5 aromatic rings. The maximum absolute atomic E-state index is 12.8. The number of amides is 1. The predicted octanol–water partition coefficient (Wildman–Crippen LogP) is 6.15. The third-order valence-corrected chi connectivity index (χ3v) is 6.28. The number of carboxylic acid groups (broad SMARTS) is 1. The lowest BCUT2D eigenvalue weighted by molar-refractivity contribution is 0.0696. The fraction of sp³-hybridized carbons (Fsp3) is 0.167. The van der Waals surface area contributed by atoms with E-state index in [2.05, 4.69) is 34.6 Å². The van der Waals surface area contributed by atoms with Crippen molar-refractivity contribution in [1.82, 2.24) is 19.7 Å². The molecule has 0 aliphatic heterocycles. The molecule has 0 saturated carbocycles. The molecule has 196 valence electrons. The molecule has 9 heteroatoms. The van der Waals surface area contributed by atoms with Crippen LogP contribution >= 0.6 is 0 Å². The van der Waals surface area contributed by atoms with Gasteiger partial charge < -0.3 is 15.7 Å². The Morgan fingerprint density at radius 3 is 2.51 bits per heavy atom. The van der Waals surface area contributed by atoms with Crippen LogP contribution in [0.5, 0.6) is 0 Å². The molecule has 5 rings (SSSR count). The van der Waals surface area contributed by atoms with Gasteiger partial charge in [0.05, 0.1) is 16.8 Å². The predicted molar refractivity (Wildman–Crippen MR) is 151 cm³/mol. The van der Waals surface area contributed by atoms with E-state index in [0.29, 0.717) is 28.8 Å². The molecule has 0 unspecified atom stereocenters. The Morgan fingerprint density at radius 2 is 1.77 bits per heavy atom. The maximum atomic E-state index is 12.8. The van der Waals surface area contributed by atoms with Crippen LogP contribution in [0.3, 0.4) is 0 Å². The second kappa shape index (κ2) is 10.7. The van der Waals surface area contributed by atoms with E-state index in [1.807, 2.05) is 54.1 Å². The van der Waals surface area contributed by atoms with Gasteiger partial charge in [-0.1, -0.05) is 38.1 Å². The molecule has 0 atom stereocenters. The van der Waals surface area contributed by atoms with Gasteiger partial charge in [-0.2, -0.15) is 5.10 Å². The van der Waals surface area contributed by atoms with E-state index >= 15 is 0 Å². The van der Waals surface area contributed by atoms with Gasteiger partial charge in [0.1, 0.15) is 0 Å². The Balaban J connectivity index is 1.40. The van der Waals surface area contributed by atoms with Crippen LogP contribution in [0.1, 0.15) is 40.1 Å². The number of hydrogen-bond donors (Lipinski definition) is 3. The standard InChI is InChI=1S/C30H28N6O3/c1-18(2)17-36-26(13-14-32-36)24-6-4-5-22-16-31-30(35-27(22)24)33-23-12-7-19(3)25(15-23)34-28(37)20-8-10-21(11-9-20)29(38)39/h4-16,18H,17H2,1-3H3,(H,34,37)(H,38,39)(H,31,33,35). The minimum atomic E-state index is -1.04. The van der Waals surface area contributed by atoms with Crippen LogP contribution in [0.2, 0.25) is 0 Å². The summed E-state index contributed by atoms with van der Waals surface area (Å²) in [7, 11) is 0. The number of aryl methyl sites for hydroxylation is 1. The monoisotopic (exact) mass is 520 g/mol. The molecule has 9 nitrogen and oxygen atoms in total. The van der Waals surface area contributed by atoms with E-state index in [1.54, 1.807) is 12.4 Å². The molecular formula is C30H28N6O3. The number of rotatable bonds is 8. The van der Waals surface area contributed by atoms with Crippen LogP contribution in [0.4, 0.5) is 17.3 Å². The van der Waals surface area contributed by atoms with Crippen molar-refractivity contribution < 1.29 is 14.7 Å². The maximum Gasteiger partial charge on any atom is 0.335 e. The fourth-order valence-corrected chi connectivity index (χ4v) is 4.30. The molecule has 0 aliphatic rings. The number of anilines is 3. The number of aromatic carboxylic acids is 1. The summed E-state index contributed by atoms with van der Waals surface area (Å²) in [5, 5.41) is 20.7. The minimum Gasteiger partial charge on any atom is -0.478 e. The van der Waals surface area contributed by atoms with Crippen LogP contribution in [0.25, 0.3) is 22.2 Å². The van der Waals surface area contributed by atoms with Crippen molar-refractivity contribution in [1.29, 1.82) is 0 Å². The summed E-state index contributed by atoms with van der Waals surface area (Å²) >= 11 is 0. The summed E-state index contributed by atoms with van der Waals surface area (Å²) in [4.78, 5) is 33.2. The molecule has 3 N–H and O–H groups in total. The molecule has 0 bridgehead atoms. The van der Waals surface area contributed by atoms with Crippen LogP contribution in [0.15, 0.2) is 79.1 Å². The van der Waals surface area contributed by atoms with Crippen molar-refractivity contribution in [2.45, 2.75) is 27.3 Å². The van der Waals surface area contributed by atoms with Gasteiger partial charge in [-0.3, -0.25) is 9.48 Å². The summed E-state index contributed by atoms with van der Waals surface area (Å²) in [5.74, 6) is -0.501. The lowest BCUT2D eigenvalue weighted by atomic mass is 10.1. The first kappa shape index (κ1) is 25.6. The van der Waals surface area contributed by atoms with Gasteiger partial charge in [-0.15, -0.1) is 0 Å². The van der Waals surface area contributed by atoms with Crippen LogP contribution in [-0.4, -0.2) is 36.7 Å². The third-order valence-electron chi connectivity index (χ3n) is 6.28. The third kappa shape index (κ3) is 5.62. The molecule has 0 fully saturated rings. The highest BCUT2D eigenvalue weighted by atomic mass is 16.4. The van der Waals surface area contributed by atoms with Crippen LogP contribution < -0.4 is 10.6 Å². The van der Waals surface area contributed by atoms with Gasteiger partial charge in [0.2, 0.25) is 5.95 Å². The lowest BCUT2D eigenvalue weighted by Crippen LogP contribution is -2.13. The molecule has 0 radical (unpaired) electrons. The molecule has 0 spiro atoms. The first-order chi connectivity index (χ1) is 18.8. The highest BCUT2D eigenvalue weighted by Gasteiger charge is 2.14. The number of nitrogens with one attached hydrogen (secondary N) is 2. The number of para-hydroxylation sites is 1. The zero-order valence-corrected chi connectivity index (χ0v) is 21.8. The molecule has 3 aromatic carbocycles. The molecule has 2 aromatic heterocycles. The normalized spacial score (nSPS) is 11.1. The van der Waals surface area contributed by atoms with Gasteiger partial charge in [0.15, 0.2) is 0 Å². The Labute approximate surface area is 225 Å². The Hall–Kier alpha value is -5.05. The van der Waals surface area contributed by atoms with E-state index in [9.17, 15) is 9.59 Å². The largest absolute Gasteiger partial charge is 0.478 e. The number of benzene rings is 3. The lowest BCUT2D eigenvalue weighted by Gasteiger charge is -2.13. The average molecular weight is 521 g/mol. The summed E-state index contributed by atoms with van der Waals surface area (Å²) < 4.78 is 2.00. The van der Waals surface area contributed by atoms with Crippen LogP contribution in [-0.2, 0) is 6.54 Å². The van der Waals surface area contributed by atoms with E-state index in [0.717, 1.165) is 34.3 Å². The minimum absolute atomic E-state index is 0.122. The molecule has 0 saturated heterocycles. The van der Waals surface area contributed by atoms with Crippen molar-refractivity contribution in [3.05, 3.63) is 95.8 Å². The number of nitrogens with zero attached hydrogens (tertiary/aromatic N) is 4. The number of carbonyl (C=O) groups excluding carboxylic acids is 1. The van der Waals surface area contributed by atoms with Crippen molar-refractivity contribution in [2.75, 3.05) is 10.6 Å². The van der Waals surface area contributed by atoms with Gasteiger partial charge >= 0.3 is 5.97 Å². The number of fused-ring (bicyclic) bond motifs is 1. The fourth-order valence-electron chi connectivity index (χ4n) is 4.30. The van der Waals surface area contributed by atoms with Crippen molar-refractivity contribution in [3.63, 3.8) is 0 Å².